The van der Waals surface area contributed by atoms with Gasteiger partial charge in [-0.2, -0.15) is 4.98 Å². The third-order valence-corrected chi connectivity index (χ3v) is 2.62. The smallest absolute Gasteiger partial charge is 0.223 e. The van der Waals surface area contributed by atoms with Gasteiger partial charge in [0.1, 0.15) is 0 Å². The van der Waals surface area contributed by atoms with Gasteiger partial charge in [-0.1, -0.05) is 5.16 Å². The van der Waals surface area contributed by atoms with E-state index < -0.39 is 0 Å². The van der Waals surface area contributed by atoms with Crippen LogP contribution in [0.3, 0.4) is 0 Å². The van der Waals surface area contributed by atoms with Crippen molar-refractivity contribution in [2.45, 2.75) is 32.4 Å². The highest BCUT2D eigenvalue weighted by Gasteiger charge is 2.24. The lowest BCUT2D eigenvalue weighted by molar-refractivity contribution is 0.150. The van der Waals surface area contributed by atoms with Gasteiger partial charge in [-0.25, -0.2) is 0 Å². The summed E-state index contributed by atoms with van der Waals surface area (Å²) in [6, 6.07) is 0.272. The Bertz CT molecular complexity index is 300. The van der Waals surface area contributed by atoms with Crippen LogP contribution < -0.4 is 0 Å². The average molecular weight is 197 g/mol. The Morgan fingerprint density at radius 1 is 1.64 bits per heavy atom. The van der Waals surface area contributed by atoms with Crippen LogP contribution in [-0.4, -0.2) is 39.3 Å². The summed E-state index contributed by atoms with van der Waals surface area (Å²) in [5, 5.41) is 13.0. The van der Waals surface area contributed by atoms with Crippen molar-refractivity contribution in [2.75, 3.05) is 13.2 Å². The van der Waals surface area contributed by atoms with Gasteiger partial charge in [-0.15, -0.1) is 0 Å². The van der Waals surface area contributed by atoms with Crippen molar-refractivity contribution < 1.29 is 9.63 Å². The molecule has 1 saturated heterocycles. The van der Waals surface area contributed by atoms with E-state index in [1.165, 1.54) is 0 Å². The lowest BCUT2D eigenvalue weighted by Crippen LogP contribution is -2.31. The molecule has 1 N–H and O–H groups in total. The quantitative estimate of drug-likeness (QED) is 0.756. The van der Waals surface area contributed by atoms with Crippen molar-refractivity contribution in [2.24, 2.45) is 0 Å². The van der Waals surface area contributed by atoms with Crippen LogP contribution in [0.1, 0.15) is 24.6 Å². The molecule has 0 unspecified atom stereocenters. The molecule has 1 fully saturated rings. The van der Waals surface area contributed by atoms with E-state index >= 15 is 0 Å². The van der Waals surface area contributed by atoms with Gasteiger partial charge in [0.15, 0.2) is 5.82 Å². The van der Waals surface area contributed by atoms with Gasteiger partial charge in [0.25, 0.3) is 0 Å². The fourth-order valence-electron chi connectivity index (χ4n) is 1.90. The summed E-state index contributed by atoms with van der Waals surface area (Å²) in [6.07, 6.45) is 2.20. The molecule has 2 rings (SSSR count). The number of hydrogen-bond acceptors (Lipinski definition) is 5. The second kappa shape index (κ2) is 4.06. The normalized spacial score (nSPS) is 23.1. The molecule has 0 aromatic carbocycles. The lowest BCUT2D eigenvalue weighted by atomic mass is 10.2. The Morgan fingerprint density at radius 3 is 3.14 bits per heavy atom. The number of aryl methyl sites for hydroxylation is 1. The molecule has 2 heterocycles. The Kier molecular flexibility index (Phi) is 2.79. The van der Waals surface area contributed by atoms with Crippen LogP contribution in [0.2, 0.25) is 0 Å². The van der Waals surface area contributed by atoms with E-state index in [0.717, 1.165) is 19.4 Å². The predicted molar refractivity (Wildman–Crippen MR) is 49.6 cm³/mol. The van der Waals surface area contributed by atoms with Gasteiger partial charge >= 0.3 is 0 Å². The van der Waals surface area contributed by atoms with Crippen molar-refractivity contribution in [1.29, 1.82) is 0 Å². The van der Waals surface area contributed by atoms with Crippen molar-refractivity contribution >= 4 is 0 Å². The second-order valence-corrected chi connectivity index (χ2v) is 3.68. The van der Waals surface area contributed by atoms with Gasteiger partial charge in [0, 0.05) is 13.0 Å². The van der Waals surface area contributed by atoms with E-state index in [1.807, 2.05) is 0 Å². The summed E-state index contributed by atoms with van der Waals surface area (Å²) in [5.41, 5.74) is 0. The van der Waals surface area contributed by atoms with Crippen LogP contribution in [0, 0.1) is 6.92 Å². The van der Waals surface area contributed by atoms with Crippen molar-refractivity contribution in [3.05, 3.63) is 11.7 Å². The molecule has 1 aliphatic rings. The maximum Gasteiger partial charge on any atom is 0.223 e. The van der Waals surface area contributed by atoms with E-state index in [2.05, 4.69) is 15.0 Å². The van der Waals surface area contributed by atoms with Crippen molar-refractivity contribution in [1.82, 2.24) is 15.0 Å². The number of likely N-dealkylation sites (tertiary alicyclic amines) is 1. The molecule has 14 heavy (non-hydrogen) atoms. The Morgan fingerprint density at radius 2 is 2.50 bits per heavy atom. The zero-order chi connectivity index (χ0) is 9.97. The fraction of sp³-hybridized carbons (Fsp3) is 0.778. The molecule has 0 radical (unpaired) electrons. The summed E-state index contributed by atoms with van der Waals surface area (Å²) in [7, 11) is 0. The average Bonchev–Trinajstić information content (AvgIpc) is 2.76. The van der Waals surface area contributed by atoms with Gasteiger partial charge < -0.3 is 9.63 Å². The van der Waals surface area contributed by atoms with Gasteiger partial charge in [0.2, 0.25) is 5.89 Å². The predicted octanol–water partition coefficient (Wildman–Crippen LogP) is 0.335. The first kappa shape index (κ1) is 9.61. The summed E-state index contributed by atoms with van der Waals surface area (Å²) in [6.45, 7) is 3.70. The molecule has 1 aromatic heterocycles. The maximum atomic E-state index is 9.11. The second-order valence-electron chi connectivity index (χ2n) is 3.68. The molecule has 1 aliphatic heterocycles. The summed E-state index contributed by atoms with van der Waals surface area (Å²) in [4.78, 5) is 6.34. The fourth-order valence-corrected chi connectivity index (χ4v) is 1.90. The van der Waals surface area contributed by atoms with E-state index in [0.29, 0.717) is 18.3 Å². The Labute approximate surface area is 82.7 Å². The third kappa shape index (κ3) is 1.93. The number of aliphatic hydroxyl groups excluding tert-OH is 1. The maximum absolute atomic E-state index is 9.11. The zero-order valence-electron chi connectivity index (χ0n) is 8.31. The molecule has 1 atom stereocenters. The van der Waals surface area contributed by atoms with Crippen LogP contribution in [0.5, 0.6) is 0 Å². The Balaban J connectivity index is 1.96. The monoisotopic (exact) mass is 197 g/mol. The number of hydrogen-bond donors (Lipinski definition) is 1. The molecule has 0 saturated carbocycles. The molecule has 5 heteroatoms. The highest BCUT2D eigenvalue weighted by atomic mass is 16.5. The van der Waals surface area contributed by atoms with E-state index in [1.54, 1.807) is 6.92 Å². The highest BCUT2D eigenvalue weighted by Crippen LogP contribution is 2.18. The van der Waals surface area contributed by atoms with E-state index in [-0.39, 0.29) is 12.6 Å². The summed E-state index contributed by atoms with van der Waals surface area (Å²) in [5.74, 6) is 1.31. The van der Waals surface area contributed by atoms with E-state index in [4.69, 9.17) is 9.63 Å². The van der Waals surface area contributed by atoms with E-state index in [9.17, 15) is 0 Å². The third-order valence-electron chi connectivity index (χ3n) is 2.62. The van der Waals surface area contributed by atoms with Crippen LogP contribution in [0.25, 0.3) is 0 Å². The highest BCUT2D eigenvalue weighted by molar-refractivity contribution is 4.88. The first-order valence-corrected chi connectivity index (χ1v) is 4.93. The number of nitrogens with zero attached hydrogens (tertiary/aromatic N) is 3. The molecule has 0 amide bonds. The first-order chi connectivity index (χ1) is 6.79. The van der Waals surface area contributed by atoms with Gasteiger partial charge in [0.05, 0.1) is 13.2 Å². The number of aliphatic hydroxyl groups is 1. The van der Waals surface area contributed by atoms with Crippen LogP contribution in [0.15, 0.2) is 4.52 Å². The molecule has 78 valence electrons. The Hall–Kier alpha value is -0.940. The van der Waals surface area contributed by atoms with Crippen LogP contribution >= 0.6 is 0 Å². The number of rotatable bonds is 3. The minimum atomic E-state index is 0.219. The van der Waals surface area contributed by atoms with Crippen molar-refractivity contribution in [3.8, 4) is 0 Å². The first-order valence-electron chi connectivity index (χ1n) is 4.93. The molecular formula is C9H15N3O2. The largest absolute Gasteiger partial charge is 0.395 e. The SMILES string of the molecule is Cc1nc(CN2CCC[C@@H]2CO)no1. The summed E-state index contributed by atoms with van der Waals surface area (Å²) >= 11 is 0. The lowest BCUT2D eigenvalue weighted by Gasteiger charge is -2.20. The van der Waals surface area contributed by atoms with Gasteiger partial charge in [-0.3, -0.25) is 4.90 Å². The minimum Gasteiger partial charge on any atom is -0.395 e. The minimum absolute atomic E-state index is 0.219. The molecule has 1 aromatic rings. The topological polar surface area (TPSA) is 62.4 Å². The van der Waals surface area contributed by atoms with Crippen LogP contribution in [-0.2, 0) is 6.54 Å². The molecular weight excluding hydrogens is 182 g/mol. The molecule has 0 spiro atoms. The van der Waals surface area contributed by atoms with Crippen LogP contribution in [0.4, 0.5) is 0 Å². The molecule has 5 nitrogen and oxygen atoms in total. The molecule has 0 bridgehead atoms. The summed E-state index contributed by atoms with van der Waals surface area (Å²) < 4.78 is 4.89. The zero-order valence-corrected chi connectivity index (χ0v) is 8.31. The molecule has 0 aliphatic carbocycles. The standard InChI is InChI=1S/C9H15N3O2/c1-7-10-9(11-14-7)5-12-4-2-3-8(12)6-13/h8,13H,2-6H2,1H3/t8-/m1/s1. The number of aromatic nitrogens is 2. The van der Waals surface area contributed by atoms with Gasteiger partial charge in [-0.05, 0) is 19.4 Å². The van der Waals surface area contributed by atoms with Crippen molar-refractivity contribution in [3.63, 3.8) is 0 Å².